The first-order valence-corrected chi connectivity index (χ1v) is 4.40. The van der Waals surface area contributed by atoms with Gasteiger partial charge in [0.2, 0.25) is 5.91 Å². The second-order valence-corrected chi connectivity index (χ2v) is 3.81. The van der Waals surface area contributed by atoms with Gasteiger partial charge in [-0.25, -0.2) is 0 Å². The van der Waals surface area contributed by atoms with Crippen LogP contribution in [0.1, 0.15) is 6.92 Å². The summed E-state index contributed by atoms with van der Waals surface area (Å²) < 4.78 is 0. The minimum atomic E-state index is -0.603. The molecule has 0 bridgehead atoms. The first-order chi connectivity index (χ1) is 5.07. The molecule has 0 aliphatic heterocycles. The van der Waals surface area contributed by atoms with E-state index in [1.54, 1.807) is 0 Å². The van der Waals surface area contributed by atoms with E-state index in [2.05, 4.69) is 0 Å². The number of thioether (sulfide) groups is 1. The normalized spacial score (nSPS) is 15.9. The highest BCUT2D eigenvalue weighted by Crippen LogP contribution is 2.09. The second-order valence-electron chi connectivity index (χ2n) is 2.34. The molecule has 0 radical (unpaired) electrons. The molecule has 5 N–H and O–H groups in total. The van der Waals surface area contributed by atoms with E-state index >= 15 is 0 Å². The Kier molecular flexibility index (Phi) is 5.27. The molecule has 0 spiro atoms. The van der Waals surface area contributed by atoms with Crippen LogP contribution in [0.2, 0.25) is 0 Å². The molecule has 0 aliphatic rings. The van der Waals surface area contributed by atoms with Crippen LogP contribution in [0.3, 0.4) is 0 Å². The summed E-state index contributed by atoms with van der Waals surface area (Å²) in [6.07, 6.45) is 0. The smallest absolute Gasteiger partial charge is 0.235 e. The predicted molar refractivity (Wildman–Crippen MR) is 46.2 cm³/mol. The molecule has 4 nitrogen and oxygen atoms in total. The SMILES string of the molecule is CC(CO)SCC(N)C(N)=O. The number of hydrogen-bond donors (Lipinski definition) is 3. The summed E-state index contributed by atoms with van der Waals surface area (Å²) in [7, 11) is 0. The summed E-state index contributed by atoms with van der Waals surface area (Å²) in [4.78, 5) is 10.4. The van der Waals surface area contributed by atoms with Crippen LogP contribution in [0.15, 0.2) is 0 Å². The van der Waals surface area contributed by atoms with Gasteiger partial charge in [-0.05, 0) is 0 Å². The van der Waals surface area contributed by atoms with E-state index in [0.717, 1.165) is 0 Å². The molecule has 5 heteroatoms. The van der Waals surface area contributed by atoms with Crippen LogP contribution < -0.4 is 11.5 Å². The maximum absolute atomic E-state index is 10.4. The Morgan fingerprint density at radius 3 is 2.64 bits per heavy atom. The molecule has 2 atom stereocenters. The fraction of sp³-hybridized carbons (Fsp3) is 0.833. The van der Waals surface area contributed by atoms with E-state index in [1.165, 1.54) is 11.8 Å². The molecular formula is C6H14N2O2S. The first-order valence-electron chi connectivity index (χ1n) is 3.35. The maximum Gasteiger partial charge on any atom is 0.235 e. The van der Waals surface area contributed by atoms with Crippen molar-refractivity contribution in [1.29, 1.82) is 0 Å². The molecule has 66 valence electrons. The number of aliphatic hydroxyl groups is 1. The summed E-state index contributed by atoms with van der Waals surface area (Å²) in [6, 6.07) is -0.603. The van der Waals surface area contributed by atoms with Gasteiger partial charge in [-0.15, -0.1) is 0 Å². The number of carbonyl (C=O) groups is 1. The lowest BCUT2D eigenvalue weighted by Gasteiger charge is -2.10. The average Bonchev–Trinajstić information content (AvgIpc) is 1.99. The van der Waals surface area contributed by atoms with Gasteiger partial charge in [0.05, 0.1) is 12.6 Å². The molecule has 0 fully saturated rings. The van der Waals surface area contributed by atoms with Crippen LogP contribution in [0.5, 0.6) is 0 Å². The van der Waals surface area contributed by atoms with Gasteiger partial charge < -0.3 is 16.6 Å². The number of rotatable bonds is 5. The van der Waals surface area contributed by atoms with Crippen LogP contribution in [-0.2, 0) is 4.79 Å². The van der Waals surface area contributed by atoms with E-state index in [4.69, 9.17) is 16.6 Å². The van der Waals surface area contributed by atoms with Crippen molar-refractivity contribution in [2.45, 2.75) is 18.2 Å². The number of hydrogen-bond acceptors (Lipinski definition) is 4. The van der Waals surface area contributed by atoms with Gasteiger partial charge >= 0.3 is 0 Å². The number of amides is 1. The van der Waals surface area contributed by atoms with Crippen molar-refractivity contribution in [2.24, 2.45) is 11.5 Å². The Hall–Kier alpha value is -0.260. The van der Waals surface area contributed by atoms with Crippen molar-refractivity contribution in [2.75, 3.05) is 12.4 Å². The highest BCUT2D eigenvalue weighted by atomic mass is 32.2. The Morgan fingerprint density at radius 1 is 1.73 bits per heavy atom. The Bertz CT molecular complexity index is 132. The largest absolute Gasteiger partial charge is 0.395 e. The quantitative estimate of drug-likeness (QED) is 0.499. The number of nitrogens with two attached hydrogens (primary N) is 2. The maximum atomic E-state index is 10.4. The minimum Gasteiger partial charge on any atom is -0.395 e. The third-order valence-corrected chi connectivity index (χ3v) is 2.45. The Labute approximate surface area is 70.3 Å². The van der Waals surface area contributed by atoms with Crippen molar-refractivity contribution in [3.8, 4) is 0 Å². The van der Waals surface area contributed by atoms with Gasteiger partial charge in [0, 0.05) is 11.0 Å². The monoisotopic (exact) mass is 178 g/mol. The van der Waals surface area contributed by atoms with Crippen molar-refractivity contribution in [3.05, 3.63) is 0 Å². The molecular weight excluding hydrogens is 164 g/mol. The minimum absolute atomic E-state index is 0.0934. The van der Waals surface area contributed by atoms with Gasteiger partial charge in [0.1, 0.15) is 0 Å². The highest BCUT2D eigenvalue weighted by molar-refractivity contribution is 7.99. The number of aliphatic hydroxyl groups excluding tert-OH is 1. The van der Waals surface area contributed by atoms with E-state index in [9.17, 15) is 4.79 Å². The molecule has 0 aromatic rings. The molecule has 0 rings (SSSR count). The molecule has 0 aliphatic carbocycles. The van der Waals surface area contributed by atoms with Crippen LogP contribution in [0.25, 0.3) is 0 Å². The molecule has 1 amide bonds. The zero-order valence-electron chi connectivity index (χ0n) is 6.49. The van der Waals surface area contributed by atoms with Gasteiger partial charge in [0.25, 0.3) is 0 Å². The number of carbonyl (C=O) groups excluding carboxylic acids is 1. The molecule has 0 aromatic carbocycles. The summed E-state index contributed by atoms with van der Waals surface area (Å²) in [5.41, 5.74) is 10.3. The van der Waals surface area contributed by atoms with Gasteiger partial charge in [0.15, 0.2) is 0 Å². The van der Waals surface area contributed by atoms with Crippen LogP contribution in [0.4, 0.5) is 0 Å². The fourth-order valence-electron chi connectivity index (χ4n) is 0.403. The third kappa shape index (κ3) is 5.06. The summed E-state index contributed by atoms with van der Waals surface area (Å²) in [5, 5.41) is 8.72. The summed E-state index contributed by atoms with van der Waals surface area (Å²) in [5.74, 6) is -0.0283. The number of primary amides is 1. The predicted octanol–water partition coefficient (Wildman–Crippen LogP) is -1.09. The standard InChI is InChI=1S/C6H14N2O2S/c1-4(2-9)11-3-5(7)6(8)10/h4-5,9H,2-3,7H2,1H3,(H2,8,10). The second kappa shape index (κ2) is 5.40. The van der Waals surface area contributed by atoms with Gasteiger partial charge in [-0.2, -0.15) is 11.8 Å². The Balaban J connectivity index is 3.45. The van der Waals surface area contributed by atoms with Crippen molar-refractivity contribution >= 4 is 17.7 Å². The average molecular weight is 178 g/mol. The van der Waals surface area contributed by atoms with E-state index < -0.39 is 11.9 Å². The molecule has 0 saturated carbocycles. The molecule has 11 heavy (non-hydrogen) atoms. The third-order valence-electron chi connectivity index (χ3n) is 1.18. The Morgan fingerprint density at radius 2 is 2.27 bits per heavy atom. The van der Waals surface area contributed by atoms with E-state index in [1.807, 2.05) is 6.92 Å². The van der Waals surface area contributed by atoms with Crippen molar-refractivity contribution in [3.63, 3.8) is 0 Å². The molecule has 0 aromatic heterocycles. The van der Waals surface area contributed by atoms with E-state index in [0.29, 0.717) is 5.75 Å². The van der Waals surface area contributed by atoms with Crippen LogP contribution in [0, 0.1) is 0 Å². The zero-order chi connectivity index (χ0) is 8.85. The zero-order valence-corrected chi connectivity index (χ0v) is 7.30. The lowest BCUT2D eigenvalue weighted by molar-refractivity contribution is -0.118. The lowest BCUT2D eigenvalue weighted by atomic mass is 10.3. The topological polar surface area (TPSA) is 89.3 Å². The highest BCUT2D eigenvalue weighted by Gasteiger charge is 2.10. The van der Waals surface area contributed by atoms with Crippen molar-refractivity contribution in [1.82, 2.24) is 0 Å². The first kappa shape index (κ1) is 10.7. The summed E-state index contributed by atoms with van der Waals surface area (Å²) >= 11 is 1.44. The molecule has 0 saturated heterocycles. The van der Waals surface area contributed by atoms with Crippen LogP contribution >= 0.6 is 11.8 Å². The molecule has 0 heterocycles. The molecule has 2 unspecified atom stereocenters. The van der Waals surface area contributed by atoms with Crippen molar-refractivity contribution < 1.29 is 9.90 Å². The lowest BCUT2D eigenvalue weighted by Crippen LogP contribution is -2.38. The van der Waals surface area contributed by atoms with Gasteiger partial charge in [-0.1, -0.05) is 6.92 Å². The van der Waals surface area contributed by atoms with Crippen LogP contribution in [-0.4, -0.2) is 34.7 Å². The fourth-order valence-corrected chi connectivity index (χ4v) is 1.21. The van der Waals surface area contributed by atoms with E-state index in [-0.39, 0.29) is 11.9 Å². The summed E-state index contributed by atoms with van der Waals surface area (Å²) in [6.45, 7) is 1.95. The van der Waals surface area contributed by atoms with Gasteiger partial charge in [-0.3, -0.25) is 4.79 Å².